The van der Waals surface area contributed by atoms with E-state index >= 15 is 0 Å². The SMILES string of the molecule is CC(C)Cc1ccc(C(C)C(=O)NCC[C@H](NC(=O)CN2CCN(CC(=O)O)CCN(CC(=O)O)CCN(CC(=O)O)CC2)C(=O)NCC2CCC(C(=O)C[C@@H](Cc3ccc4ccccc4c3)C(=O)NCCCC[C@H](NC(=O)N[C@@H](CCC(=O)O)C(=O)O)C(=O)O)CC2)cc1. The predicted molar refractivity (Wildman–Crippen MR) is 349 cm³/mol. The van der Waals surface area contributed by atoms with Crippen molar-refractivity contribution < 1.29 is 88.2 Å². The van der Waals surface area contributed by atoms with Gasteiger partial charge in [0.2, 0.25) is 23.6 Å². The van der Waals surface area contributed by atoms with Gasteiger partial charge in [0, 0.05) is 96.7 Å². The van der Waals surface area contributed by atoms with Gasteiger partial charge in [0.1, 0.15) is 23.9 Å². The van der Waals surface area contributed by atoms with Gasteiger partial charge in [0.25, 0.3) is 0 Å². The number of nitrogens with one attached hydrogen (secondary N) is 6. The van der Waals surface area contributed by atoms with Crippen molar-refractivity contribution in [3.8, 4) is 0 Å². The molecule has 2 aliphatic rings. The Labute approximate surface area is 553 Å². The fourth-order valence-corrected chi connectivity index (χ4v) is 11.9. The van der Waals surface area contributed by atoms with Crippen molar-refractivity contribution >= 4 is 82.0 Å². The van der Waals surface area contributed by atoms with Crippen LogP contribution < -0.4 is 31.9 Å². The average Bonchev–Trinajstić information content (AvgIpc) is 0.978. The minimum absolute atomic E-state index is 0.00471. The van der Waals surface area contributed by atoms with Gasteiger partial charge < -0.3 is 62.5 Å². The summed E-state index contributed by atoms with van der Waals surface area (Å²) in [6, 6.07) is 16.2. The Hall–Kier alpha value is -8.60. The Balaban J connectivity index is 1.22. The molecule has 522 valence electrons. The van der Waals surface area contributed by atoms with E-state index in [1.54, 1.807) is 26.5 Å². The molecule has 3 aromatic carbocycles. The van der Waals surface area contributed by atoms with Crippen molar-refractivity contribution in [3.05, 3.63) is 83.4 Å². The van der Waals surface area contributed by atoms with E-state index in [4.69, 9.17) is 5.11 Å². The molecule has 1 aliphatic heterocycles. The van der Waals surface area contributed by atoms with Crippen LogP contribution in [0.15, 0.2) is 66.7 Å². The maximum atomic E-state index is 14.3. The Bertz CT molecular complexity index is 3050. The first kappa shape index (κ1) is 77.1. The molecule has 95 heavy (non-hydrogen) atoms. The second kappa shape index (κ2) is 39.9. The molecule has 12 N–H and O–H groups in total. The van der Waals surface area contributed by atoms with Gasteiger partial charge in [-0.05, 0) is 117 Å². The van der Waals surface area contributed by atoms with Crippen LogP contribution in [0.25, 0.3) is 10.8 Å². The number of carboxylic acids is 6. The zero-order chi connectivity index (χ0) is 69.6. The topological polar surface area (TPSA) is 411 Å². The number of Topliss-reactive ketones (excluding diaryl/α,β-unsaturated/α-hetero) is 1. The average molecular weight is 1330 g/mol. The van der Waals surface area contributed by atoms with E-state index in [9.17, 15) is 83.1 Å². The molecule has 1 saturated carbocycles. The molecule has 5 rings (SSSR count). The van der Waals surface area contributed by atoms with Crippen LogP contribution in [-0.4, -0.2) is 238 Å². The Kier molecular flexibility index (Phi) is 32.4. The highest BCUT2D eigenvalue weighted by atomic mass is 16.4. The van der Waals surface area contributed by atoms with Gasteiger partial charge in [-0.1, -0.05) is 80.6 Å². The minimum atomic E-state index is -1.57. The highest BCUT2D eigenvalue weighted by Gasteiger charge is 2.33. The number of aliphatic carboxylic acids is 6. The molecule has 1 aliphatic carbocycles. The number of urea groups is 1. The van der Waals surface area contributed by atoms with Crippen molar-refractivity contribution in [2.75, 3.05) is 98.2 Å². The third-order valence-electron chi connectivity index (χ3n) is 17.3. The summed E-state index contributed by atoms with van der Waals surface area (Å²) in [7, 11) is 0. The molecule has 5 atom stereocenters. The number of ketones is 1. The van der Waals surface area contributed by atoms with Crippen molar-refractivity contribution in [2.24, 2.45) is 23.7 Å². The lowest BCUT2D eigenvalue weighted by Crippen LogP contribution is -2.53. The number of benzene rings is 3. The highest BCUT2D eigenvalue weighted by molar-refractivity contribution is 5.90. The molecule has 0 aromatic heterocycles. The zero-order valence-electron chi connectivity index (χ0n) is 54.6. The number of hydrogen-bond acceptors (Lipinski definition) is 16. The van der Waals surface area contributed by atoms with Crippen LogP contribution in [0.3, 0.4) is 0 Å². The van der Waals surface area contributed by atoms with Crippen LogP contribution in [0.1, 0.15) is 114 Å². The first-order valence-electron chi connectivity index (χ1n) is 32.7. The standard InChI is InChI=1S/C67H96N10O18/c1-43(2)34-45-11-16-48(17-12-45)44(3)62(88)69-25-23-53(71-57(79)39-74-26-28-75(40-59(82)83)30-32-77(42-61(86)87)33-31-76(29-27-74)41-60(84)85)64(90)70-38-46-13-19-50(20-14-46)56(78)37-52(36-47-15-18-49-8-4-5-9-51(49)35-47)63(89)68-24-7-6-10-54(65(91)92)72-67(95)73-55(66(93)94)21-22-58(80)81/h4-5,8-9,11-12,15-18,35,43-44,46,50,52-55H,6-7,10,13-14,19-34,36-42H2,1-3H3,(H,68,89)(H,69,88)(H,70,90)(H,71,79)(H,80,81)(H,82,83)(H,84,85)(H,86,87)(H,91,92)(H,93,94)(H2,72,73,95)/t44?,46?,50?,52-,53+,54+,55+/m1/s1. The quantitative estimate of drug-likeness (QED) is 0.0369. The van der Waals surface area contributed by atoms with Gasteiger partial charge in [-0.15, -0.1) is 0 Å². The van der Waals surface area contributed by atoms with E-state index in [0.717, 1.165) is 33.9 Å². The van der Waals surface area contributed by atoms with Crippen LogP contribution in [0, 0.1) is 23.7 Å². The molecule has 0 radical (unpaired) electrons. The van der Waals surface area contributed by atoms with Crippen molar-refractivity contribution in [1.82, 2.24) is 51.5 Å². The lowest BCUT2D eigenvalue weighted by Gasteiger charge is -2.33. The minimum Gasteiger partial charge on any atom is -0.481 e. The first-order chi connectivity index (χ1) is 45.2. The Morgan fingerprint density at radius 3 is 1.53 bits per heavy atom. The molecule has 0 spiro atoms. The van der Waals surface area contributed by atoms with Crippen LogP contribution in [0.4, 0.5) is 4.79 Å². The summed E-state index contributed by atoms with van der Waals surface area (Å²) in [5.41, 5.74) is 2.79. The van der Waals surface area contributed by atoms with Crippen molar-refractivity contribution in [1.29, 1.82) is 0 Å². The van der Waals surface area contributed by atoms with Gasteiger partial charge in [-0.2, -0.15) is 0 Å². The normalized spacial score (nSPS) is 17.9. The second-order valence-electron chi connectivity index (χ2n) is 25.4. The number of fused-ring (bicyclic) bond motifs is 1. The summed E-state index contributed by atoms with van der Waals surface area (Å²) < 4.78 is 0. The fraction of sp³-hybridized carbons (Fsp3) is 0.582. The van der Waals surface area contributed by atoms with E-state index in [2.05, 4.69) is 45.7 Å². The number of rotatable bonds is 37. The summed E-state index contributed by atoms with van der Waals surface area (Å²) >= 11 is 0. The third kappa shape index (κ3) is 28.9. The van der Waals surface area contributed by atoms with Crippen molar-refractivity contribution in [2.45, 2.75) is 128 Å². The smallest absolute Gasteiger partial charge is 0.326 e. The number of carboxylic acid groups (broad SMARTS) is 6. The first-order valence-corrected chi connectivity index (χ1v) is 32.7. The van der Waals surface area contributed by atoms with E-state index in [-0.39, 0.29) is 166 Å². The molecule has 6 amide bonds. The maximum Gasteiger partial charge on any atom is 0.326 e. The molecule has 28 nitrogen and oxygen atoms in total. The number of carbonyl (C=O) groups excluding carboxylic acids is 6. The van der Waals surface area contributed by atoms with Crippen LogP contribution in [0.5, 0.6) is 0 Å². The molecule has 28 heteroatoms. The summed E-state index contributed by atoms with van der Waals surface area (Å²) in [5.74, 6) is -10.6. The predicted octanol–water partition coefficient (Wildman–Crippen LogP) is 2.71. The lowest BCUT2D eigenvalue weighted by molar-refractivity contribution is -0.141. The van der Waals surface area contributed by atoms with Gasteiger partial charge in [0.05, 0.1) is 32.1 Å². The van der Waals surface area contributed by atoms with Crippen molar-refractivity contribution in [3.63, 3.8) is 0 Å². The Morgan fingerprint density at radius 2 is 1.00 bits per heavy atom. The fourth-order valence-electron chi connectivity index (χ4n) is 11.9. The number of carbonyl (C=O) groups is 12. The van der Waals surface area contributed by atoms with Gasteiger partial charge in [0.15, 0.2) is 0 Å². The molecule has 1 heterocycles. The van der Waals surface area contributed by atoms with E-state index in [1.807, 2.05) is 66.7 Å². The molecule has 1 unspecified atom stereocenters. The molecule has 3 aromatic rings. The molecular weight excluding hydrogens is 1230 g/mol. The number of unbranched alkanes of at least 4 members (excludes halogenated alkanes) is 1. The van der Waals surface area contributed by atoms with Crippen LogP contribution in [-0.2, 0) is 65.6 Å². The van der Waals surface area contributed by atoms with E-state index in [0.29, 0.717) is 31.6 Å². The summed E-state index contributed by atoms with van der Waals surface area (Å²) in [4.78, 5) is 159. The number of amides is 6. The van der Waals surface area contributed by atoms with E-state index in [1.165, 1.54) is 0 Å². The molecule has 0 bridgehead atoms. The Morgan fingerprint density at radius 1 is 0.484 bits per heavy atom. The largest absolute Gasteiger partial charge is 0.481 e. The number of nitrogens with zero attached hydrogens (tertiary/aromatic N) is 4. The van der Waals surface area contributed by atoms with Crippen LogP contribution in [0.2, 0.25) is 0 Å². The van der Waals surface area contributed by atoms with Gasteiger partial charge in [-0.25, -0.2) is 14.4 Å². The highest BCUT2D eigenvalue weighted by Crippen LogP contribution is 2.32. The van der Waals surface area contributed by atoms with Gasteiger partial charge in [-0.3, -0.25) is 62.8 Å². The van der Waals surface area contributed by atoms with Gasteiger partial charge >= 0.3 is 41.8 Å². The third-order valence-corrected chi connectivity index (χ3v) is 17.3. The summed E-state index contributed by atoms with van der Waals surface area (Å²) in [6.45, 7) is 6.47. The molecular formula is C67H96N10O18. The summed E-state index contributed by atoms with van der Waals surface area (Å²) in [6.07, 6.45) is 2.61. The molecule has 2 fully saturated rings. The monoisotopic (exact) mass is 1330 g/mol. The maximum absolute atomic E-state index is 14.3. The zero-order valence-corrected chi connectivity index (χ0v) is 54.6. The van der Waals surface area contributed by atoms with Crippen LogP contribution >= 0.6 is 0 Å². The second-order valence-corrected chi connectivity index (χ2v) is 25.4. The lowest BCUT2D eigenvalue weighted by atomic mass is 9.77. The number of hydrogen-bond donors (Lipinski definition) is 12. The molecule has 1 saturated heterocycles. The van der Waals surface area contributed by atoms with E-state index < -0.39 is 96.5 Å². The summed E-state index contributed by atoms with van der Waals surface area (Å²) in [5, 5.41) is 75.1.